The number of benzene rings is 1. The number of hydrogen-bond donors (Lipinski definition) is 0. The van der Waals surface area contributed by atoms with Crippen LogP contribution in [0.5, 0.6) is 0 Å². The van der Waals surface area contributed by atoms with Gasteiger partial charge in [0.1, 0.15) is 0 Å². The molecule has 1 saturated carbocycles. The van der Waals surface area contributed by atoms with Crippen molar-refractivity contribution < 1.29 is 4.79 Å². The molecule has 0 spiro atoms. The molecule has 150 valence electrons. The number of rotatable bonds is 3. The summed E-state index contributed by atoms with van der Waals surface area (Å²) in [7, 11) is 0. The number of allylic oxidation sites excluding steroid dienone is 1. The van der Waals surface area contributed by atoms with Crippen LogP contribution in [0.3, 0.4) is 0 Å². The van der Waals surface area contributed by atoms with Crippen LogP contribution in [-0.4, -0.2) is 27.0 Å². The molecule has 0 bridgehead atoms. The van der Waals surface area contributed by atoms with Gasteiger partial charge in [-0.3, -0.25) is 9.69 Å². The van der Waals surface area contributed by atoms with Crippen molar-refractivity contribution in [2.45, 2.75) is 52.0 Å². The first-order chi connectivity index (χ1) is 14.0. The Kier molecular flexibility index (Phi) is 6.20. The zero-order chi connectivity index (χ0) is 20.4. The van der Waals surface area contributed by atoms with E-state index in [-0.39, 0.29) is 11.9 Å². The quantitative estimate of drug-likeness (QED) is 0.483. The number of carbonyl (C=O) groups excluding carboxylic acids is 1. The molecule has 1 saturated heterocycles. The third kappa shape index (κ3) is 4.48. The molecule has 0 unspecified atom stereocenters. The third-order valence-corrected chi connectivity index (χ3v) is 7.14. The summed E-state index contributed by atoms with van der Waals surface area (Å²) < 4.78 is 1.03. The van der Waals surface area contributed by atoms with Gasteiger partial charge in [-0.15, -0.1) is 0 Å². The Bertz CT molecular complexity index is 978. The fraction of sp³-hybridized carbons (Fsp3) is 0.348. The molecule has 2 aromatic rings. The largest absolute Gasteiger partial charge is 0.283 e. The summed E-state index contributed by atoms with van der Waals surface area (Å²) in [5, 5.41) is 0.756. The summed E-state index contributed by atoms with van der Waals surface area (Å²) in [4.78, 5) is 25.5. The molecule has 1 aromatic carbocycles. The summed E-state index contributed by atoms with van der Waals surface area (Å²) in [6, 6.07) is 14.1. The highest BCUT2D eigenvalue weighted by molar-refractivity contribution is 9.10. The lowest BCUT2D eigenvalue weighted by molar-refractivity contribution is -0.124. The van der Waals surface area contributed by atoms with Gasteiger partial charge in [0.05, 0.1) is 4.91 Å². The number of aryl methyl sites for hydroxylation is 1. The molecule has 1 aromatic heterocycles. The Hall–Kier alpha value is -1.92. The lowest BCUT2D eigenvalue weighted by Crippen LogP contribution is -2.40. The van der Waals surface area contributed by atoms with Crippen LogP contribution in [-0.2, 0) is 4.79 Å². The van der Waals surface area contributed by atoms with Crippen LogP contribution in [0.4, 0.5) is 5.82 Å². The second-order valence-corrected chi connectivity index (χ2v) is 9.45. The van der Waals surface area contributed by atoms with Crippen LogP contribution in [0.15, 0.2) is 56.8 Å². The number of halogens is 1. The van der Waals surface area contributed by atoms with Crippen molar-refractivity contribution >= 4 is 50.2 Å². The monoisotopic (exact) mass is 469 g/mol. The lowest BCUT2D eigenvalue weighted by atomic mass is 9.94. The first kappa shape index (κ1) is 20.4. The SMILES string of the molecule is C/C(=C1/S/C(=N/c2cccc(C)n2)N(C2CCCCC2)C1=O)c1ccc(Br)cc1. The van der Waals surface area contributed by atoms with E-state index in [4.69, 9.17) is 4.99 Å². The molecule has 1 aliphatic heterocycles. The second kappa shape index (κ2) is 8.84. The average Bonchev–Trinajstić information content (AvgIpc) is 3.04. The molecule has 4 rings (SSSR count). The number of carbonyl (C=O) groups is 1. The molecule has 1 aliphatic carbocycles. The van der Waals surface area contributed by atoms with E-state index < -0.39 is 0 Å². The Morgan fingerprint density at radius 2 is 1.86 bits per heavy atom. The van der Waals surface area contributed by atoms with Gasteiger partial charge in [-0.1, -0.05) is 53.4 Å². The molecule has 2 aliphatic rings. The minimum Gasteiger partial charge on any atom is -0.283 e. The van der Waals surface area contributed by atoms with Crippen molar-refractivity contribution in [3.05, 3.63) is 63.1 Å². The van der Waals surface area contributed by atoms with E-state index in [9.17, 15) is 4.79 Å². The van der Waals surface area contributed by atoms with Crippen molar-refractivity contribution in [2.75, 3.05) is 0 Å². The van der Waals surface area contributed by atoms with Gasteiger partial charge in [0.2, 0.25) is 0 Å². The van der Waals surface area contributed by atoms with Gasteiger partial charge in [-0.05, 0) is 73.9 Å². The summed E-state index contributed by atoms with van der Waals surface area (Å²) in [5.74, 6) is 0.734. The summed E-state index contributed by atoms with van der Waals surface area (Å²) in [6.45, 7) is 3.98. The maximum absolute atomic E-state index is 13.5. The first-order valence-corrected chi connectivity index (χ1v) is 11.6. The molecule has 2 heterocycles. The molecule has 6 heteroatoms. The van der Waals surface area contributed by atoms with Crippen LogP contribution >= 0.6 is 27.7 Å². The molecule has 0 N–H and O–H groups in total. The number of hydrogen-bond acceptors (Lipinski definition) is 4. The van der Waals surface area contributed by atoms with Crippen LogP contribution in [0.1, 0.15) is 50.3 Å². The van der Waals surface area contributed by atoms with Crippen LogP contribution < -0.4 is 0 Å². The van der Waals surface area contributed by atoms with Gasteiger partial charge < -0.3 is 0 Å². The average molecular weight is 470 g/mol. The second-order valence-electron chi connectivity index (χ2n) is 7.56. The summed E-state index contributed by atoms with van der Waals surface area (Å²) in [5.41, 5.74) is 2.98. The van der Waals surface area contributed by atoms with Gasteiger partial charge in [0, 0.05) is 16.2 Å². The molecule has 1 amide bonds. The number of aromatic nitrogens is 1. The van der Waals surface area contributed by atoms with Crippen molar-refractivity contribution in [3.8, 4) is 0 Å². The topological polar surface area (TPSA) is 45.6 Å². The standard InChI is InChI=1S/C23H24BrN3OS/c1-15-7-6-10-20(25-15)26-23-27(19-8-4-3-5-9-19)22(28)21(29-23)16(2)17-11-13-18(24)14-12-17/h6-7,10-14,19H,3-5,8-9H2,1-2H3/b21-16-,26-23+. The van der Waals surface area contributed by atoms with Gasteiger partial charge in [-0.25, -0.2) is 9.98 Å². The number of aliphatic imine (C=N–C) groups is 1. The van der Waals surface area contributed by atoms with Crippen molar-refractivity contribution in [1.29, 1.82) is 0 Å². The maximum Gasteiger partial charge on any atom is 0.267 e. The normalized spacial score (nSPS) is 21.1. The predicted molar refractivity (Wildman–Crippen MR) is 124 cm³/mol. The van der Waals surface area contributed by atoms with Crippen molar-refractivity contribution in [3.63, 3.8) is 0 Å². The maximum atomic E-state index is 13.5. The highest BCUT2D eigenvalue weighted by Crippen LogP contribution is 2.41. The smallest absolute Gasteiger partial charge is 0.267 e. The zero-order valence-electron chi connectivity index (χ0n) is 16.7. The van der Waals surface area contributed by atoms with E-state index in [1.165, 1.54) is 31.0 Å². The van der Waals surface area contributed by atoms with Crippen molar-refractivity contribution in [1.82, 2.24) is 9.88 Å². The molecule has 4 nitrogen and oxygen atoms in total. The minimum absolute atomic E-state index is 0.0775. The molecule has 29 heavy (non-hydrogen) atoms. The van der Waals surface area contributed by atoms with E-state index in [1.807, 2.05) is 61.2 Å². The predicted octanol–water partition coefficient (Wildman–Crippen LogP) is 6.48. The van der Waals surface area contributed by atoms with Crippen LogP contribution in [0.2, 0.25) is 0 Å². The molecular weight excluding hydrogens is 446 g/mol. The zero-order valence-corrected chi connectivity index (χ0v) is 19.1. The number of thioether (sulfide) groups is 1. The van der Waals surface area contributed by atoms with Gasteiger partial charge in [0.15, 0.2) is 11.0 Å². The van der Waals surface area contributed by atoms with E-state index in [0.717, 1.165) is 44.2 Å². The summed E-state index contributed by atoms with van der Waals surface area (Å²) in [6.07, 6.45) is 5.66. The fourth-order valence-electron chi connectivity index (χ4n) is 3.88. The molecule has 0 atom stereocenters. The van der Waals surface area contributed by atoms with E-state index >= 15 is 0 Å². The molecular formula is C23H24BrN3OS. The highest BCUT2D eigenvalue weighted by Gasteiger charge is 2.39. The number of amidine groups is 1. The highest BCUT2D eigenvalue weighted by atomic mass is 79.9. The van der Waals surface area contributed by atoms with Crippen LogP contribution in [0.25, 0.3) is 5.57 Å². The Balaban J connectivity index is 1.75. The Morgan fingerprint density at radius 1 is 1.14 bits per heavy atom. The van der Waals surface area contributed by atoms with Crippen LogP contribution in [0, 0.1) is 6.92 Å². The summed E-state index contributed by atoms with van der Waals surface area (Å²) >= 11 is 4.96. The Morgan fingerprint density at radius 3 is 2.55 bits per heavy atom. The number of amides is 1. The van der Waals surface area contributed by atoms with Crippen molar-refractivity contribution in [2.24, 2.45) is 4.99 Å². The third-order valence-electron chi connectivity index (χ3n) is 5.45. The van der Waals surface area contributed by atoms with E-state index in [1.54, 1.807) is 0 Å². The molecule has 2 fully saturated rings. The van der Waals surface area contributed by atoms with Gasteiger partial charge >= 0.3 is 0 Å². The Labute approximate surface area is 184 Å². The van der Waals surface area contributed by atoms with E-state index in [2.05, 4.69) is 20.9 Å². The minimum atomic E-state index is 0.0775. The van der Waals surface area contributed by atoms with Gasteiger partial charge in [0.25, 0.3) is 5.91 Å². The molecule has 0 radical (unpaired) electrons. The number of pyridine rings is 1. The van der Waals surface area contributed by atoms with E-state index in [0.29, 0.717) is 5.82 Å². The first-order valence-electron chi connectivity index (χ1n) is 10.0. The fourth-order valence-corrected chi connectivity index (χ4v) is 5.25. The number of nitrogens with zero attached hydrogens (tertiary/aromatic N) is 3. The van der Waals surface area contributed by atoms with Gasteiger partial charge in [-0.2, -0.15) is 0 Å². The lowest BCUT2D eigenvalue weighted by Gasteiger charge is -2.30.